The number of hydrogen-bond donors (Lipinski definition) is 2. The summed E-state index contributed by atoms with van der Waals surface area (Å²) in [6.07, 6.45) is 1.51. The van der Waals surface area contributed by atoms with E-state index in [1.807, 2.05) is 72.8 Å². The molecule has 4 aromatic rings. The number of amides is 1. The number of hydrogen-bond acceptors (Lipinski definition) is 4. The average Bonchev–Trinajstić information content (AvgIpc) is 2.78. The number of aromatic hydroxyl groups is 1. The molecule has 0 fully saturated rings. The Bertz CT molecular complexity index is 1260. The van der Waals surface area contributed by atoms with Gasteiger partial charge in [0.25, 0.3) is 5.91 Å². The number of phenolic OH excluding ortho intramolecular Hbond substituents is 1. The molecule has 5 nitrogen and oxygen atoms in total. The fourth-order valence-electron chi connectivity index (χ4n) is 3.12. The van der Waals surface area contributed by atoms with Crippen LogP contribution in [-0.2, 0) is 6.61 Å². The molecule has 2 N–H and O–H groups in total. The molecule has 4 rings (SSSR count). The van der Waals surface area contributed by atoms with E-state index >= 15 is 0 Å². The third-order valence-electron chi connectivity index (χ3n) is 4.69. The number of ether oxygens (including phenoxy) is 1. The third-order valence-corrected chi connectivity index (χ3v) is 5.18. The van der Waals surface area contributed by atoms with Gasteiger partial charge >= 0.3 is 0 Å². The van der Waals surface area contributed by atoms with E-state index in [9.17, 15) is 9.90 Å². The van der Waals surface area contributed by atoms with Crippen LogP contribution in [0.2, 0.25) is 0 Å². The van der Waals surface area contributed by atoms with Crippen molar-refractivity contribution in [3.05, 3.63) is 106 Å². The third kappa shape index (κ3) is 5.10. The normalized spacial score (nSPS) is 11.0. The van der Waals surface area contributed by atoms with Crippen molar-refractivity contribution in [1.29, 1.82) is 0 Å². The summed E-state index contributed by atoms with van der Waals surface area (Å²) < 4.78 is 6.78. The van der Waals surface area contributed by atoms with Crippen LogP contribution in [0.15, 0.2) is 94.5 Å². The second-order valence-electron chi connectivity index (χ2n) is 6.87. The number of carbonyl (C=O) groups excluding carboxylic acids is 1. The van der Waals surface area contributed by atoms with E-state index in [2.05, 4.69) is 26.5 Å². The van der Waals surface area contributed by atoms with Gasteiger partial charge < -0.3 is 9.84 Å². The largest absolute Gasteiger partial charge is 0.507 e. The Balaban J connectivity index is 1.49. The number of rotatable bonds is 6. The van der Waals surface area contributed by atoms with Crippen molar-refractivity contribution < 1.29 is 14.6 Å². The van der Waals surface area contributed by atoms with Crippen LogP contribution in [0.1, 0.15) is 21.5 Å². The maximum Gasteiger partial charge on any atom is 0.275 e. The summed E-state index contributed by atoms with van der Waals surface area (Å²) in [5.41, 5.74) is 4.38. The zero-order valence-electron chi connectivity index (χ0n) is 16.5. The minimum Gasteiger partial charge on any atom is -0.507 e. The van der Waals surface area contributed by atoms with Gasteiger partial charge in [0.05, 0.1) is 11.8 Å². The number of phenols is 1. The average molecular weight is 475 g/mol. The van der Waals surface area contributed by atoms with E-state index in [1.165, 1.54) is 6.21 Å². The van der Waals surface area contributed by atoms with Crippen LogP contribution in [0.25, 0.3) is 10.8 Å². The van der Waals surface area contributed by atoms with Crippen LogP contribution in [0.5, 0.6) is 11.5 Å². The lowest BCUT2D eigenvalue weighted by Gasteiger charge is -2.10. The highest BCUT2D eigenvalue weighted by Gasteiger charge is 2.12. The zero-order valence-corrected chi connectivity index (χ0v) is 18.0. The number of nitrogens with zero attached hydrogens (tertiary/aromatic N) is 1. The number of hydrazone groups is 1. The highest BCUT2D eigenvalue weighted by Crippen LogP contribution is 2.25. The molecule has 4 aromatic carbocycles. The number of carbonyl (C=O) groups is 1. The lowest BCUT2D eigenvalue weighted by atomic mass is 10.1. The summed E-state index contributed by atoms with van der Waals surface area (Å²) in [7, 11) is 0. The Morgan fingerprint density at radius 1 is 0.968 bits per heavy atom. The molecule has 0 aromatic heterocycles. The van der Waals surface area contributed by atoms with Gasteiger partial charge in [0.2, 0.25) is 0 Å². The Kier molecular flexibility index (Phi) is 6.29. The van der Waals surface area contributed by atoms with Crippen LogP contribution < -0.4 is 10.2 Å². The van der Waals surface area contributed by atoms with Crippen LogP contribution in [0.4, 0.5) is 0 Å². The second kappa shape index (κ2) is 9.45. The van der Waals surface area contributed by atoms with E-state index in [4.69, 9.17) is 4.74 Å². The fourth-order valence-corrected chi connectivity index (χ4v) is 3.50. The van der Waals surface area contributed by atoms with Crippen molar-refractivity contribution in [2.75, 3.05) is 0 Å². The minimum absolute atomic E-state index is 0.0965. The summed E-state index contributed by atoms with van der Waals surface area (Å²) in [4.78, 5) is 12.5. The molecule has 1 amide bonds. The van der Waals surface area contributed by atoms with Gasteiger partial charge in [-0.3, -0.25) is 4.79 Å². The van der Waals surface area contributed by atoms with Crippen LogP contribution in [-0.4, -0.2) is 17.2 Å². The monoisotopic (exact) mass is 474 g/mol. The van der Waals surface area contributed by atoms with Crippen LogP contribution in [0, 0.1) is 0 Å². The molecule has 6 heteroatoms. The predicted molar refractivity (Wildman–Crippen MR) is 126 cm³/mol. The Hall–Kier alpha value is -3.64. The second-order valence-corrected chi connectivity index (χ2v) is 7.79. The van der Waals surface area contributed by atoms with Gasteiger partial charge in [-0.2, -0.15) is 5.10 Å². The Morgan fingerprint density at radius 2 is 1.68 bits per heavy atom. The first-order chi connectivity index (χ1) is 15.1. The van der Waals surface area contributed by atoms with Gasteiger partial charge in [0.1, 0.15) is 18.1 Å². The fraction of sp³-hybridized carbons (Fsp3) is 0.0400. The first-order valence-electron chi connectivity index (χ1n) is 9.61. The molecule has 0 spiro atoms. The van der Waals surface area contributed by atoms with E-state index in [0.717, 1.165) is 20.8 Å². The quantitative estimate of drug-likeness (QED) is 0.280. The molecule has 0 aliphatic heterocycles. The number of nitrogens with one attached hydrogen (secondary N) is 1. The molecule has 0 aliphatic rings. The molecule has 0 bridgehead atoms. The van der Waals surface area contributed by atoms with Crippen molar-refractivity contribution in [3.8, 4) is 11.5 Å². The summed E-state index contributed by atoms with van der Waals surface area (Å²) in [5.74, 6) is 0.0422. The molecule has 31 heavy (non-hydrogen) atoms. The lowest BCUT2D eigenvalue weighted by Crippen LogP contribution is -2.17. The van der Waals surface area contributed by atoms with Crippen LogP contribution in [0.3, 0.4) is 0 Å². The molecule has 0 atom stereocenters. The van der Waals surface area contributed by atoms with Crippen molar-refractivity contribution >= 4 is 38.8 Å². The van der Waals surface area contributed by atoms with E-state index in [0.29, 0.717) is 17.9 Å². The number of fused-ring (bicyclic) bond motifs is 1. The van der Waals surface area contributed by atoms with Gasteiger partial charge in [0.15, 0.2) is 0 Å². The predicted octanol–water partition coefficient (Wildman–Crippen LogP) is 5.65. The number of benzene rings is 4. The maximum atomic E-state index is 12.5. The summed E-state index contributed by atoms with van der Waals surface area (Å²) >= 11 is 3.44. The SMILES string of the molecule is O=C(NN=Cc1cc(Br)ccc1OCc1ccccc1)c1cc2ccccc2cc1O. The van der Waals surface area contributed by atoms with Gasteiger partial charge in [-0.1, -0.05) is 70.5 Å². The molecular formula is C25H19BrN2O3. The van der Waals surface area contributed by atoms with Gasteiger partial charge in [-0.15, -0.1) is 0 Å². The topological polar surface area (TPSA) is 70.9 Å². The first kappa shape index (κ1) is 20.6. The minimum atomic E-state index is -0.499. The Morgan fingerprint density at radius 3 is 2.45 bits per heavy atom. The molecule has 0 radical (unpaired) electrons. The molecule has 0 saturated carbocycles. The van der Waals surface area contributed by atoms with Crippen LogP contribution >= 0.6 is 15.9 Å². The van der Waals surface area contributed by atoms with Crippen molar-refractivity contribution in [1.82, 2.24) is 5.43 Å². The van der Waals surface area contributed by atoms with E-state index in [-0.39, 0.29) is 11.3 Å². The summed E-state index contributed by atoms with van der Waals surface area (Å²) in [5, 5.41) is 16.0. The lowest BCUT2D eigenvalue weighted by molar-refractivity contribution is 0.0952. The molecule has 0 unspecified atom stereocenters. The molecule has 0 saturated heterocycles. The highest BCUT2D eigenvalue weighted by atomic mass is 79.9. The standard InChI is InChI=1S/C25H19BrN2O3/c26-21-10-11-24(31-16-17-6-2-1-3-7-17)20(12-21)15-27-28-25(30)22-13-18-8-4-5-9-19(18)14-23(22)29/h1-15,29H,16H2,(H,28,30). The highest BCUT2D eigenvalue weighted by molar-refractivity contribution is 9.10. The molecule has 0 aliphatic carbocycles. The van der Waals surface area contributed by atoms with Gasteiger partial charge in [-0.25, -0.2) is 5.43 Å². The van der Waals surface area contributed by atoms with Crippen molar-refractivity contribution in [2.45, 2.75) is 6.61 Å². The molecule has 154 valence electrons. The van der Waals surface area contributed by atoms with Gasteiger partial charge in [-0.05, 0) is 46.7 Å². The number of halogens is 1. The Labute approximate surface area is 188 Å². The van der Waals surface area contributed by atoms with E-state index < -0.39 is 5.91 Å². The summed E-state index contributed by atoms with van der Waals surface area (Å²) in [6, 6.07) is 26.1. The molecule has 0 heterocycles. The van der Waals surface area contributed by atoms with Gasteiger partial charge in [0, 0.05) is 10.0 Å². The summed E-state index contributed by atoms with van der Waals surface area (Å²) in [6.45, 7) is 0.417. The van der Waals surface area contributed by atoms with E-state index in [1.54, 1.807) is 12.1 Å². The maximum absolute atomic E-state index is 12.5. The smallest absolute Gasteiger partial charge is 0.275 e. The first-order valence-corrected chi connectivity index (χ1v) is 10.4. The van der Waals surface area contributed by atoms with Crippen molar-refractivity contribution in [3.63, 3.8) is 0 Å². The van der Waals surface area contributed by atoms with Crippen molar-refractivity contribution in [2.24, 2.45) is 5.10 Å². The zero-order chi connectivity index (χ0) is 21.6. The molecular weight excluding hydrogens is 456 g/mol.